The molecule has 1 aliphatic rings. The molecule has 0 spiro atoms. The predicted octanol–water partition coefficient (Wildman–Crippen LogP) is 5.26. The predicted molar refractivity (Wildman–Crippen MR) is 134 cm³/mol. The number of rotatable bonds is 7. The van der Waals surface area contributed by atoms with Crippen LogP contribution in [0.4, 0.5) is 5.69 Å². The lowest BCUT2D eigenvalue weighted by Crippen LogP contribution is -2.36. The Morgan fingerprint density at radius 1 is 1.26 bits per heavy atom. The summed E-state index contributed by atoms with van der Waals surface area (Å²) in [4.78, 5) is 28.4. The molecule has 1 aliphatic carbocycles. The molecule has 9 heteroatoms. The highest BCUT2D eigenvalue weighted by Crippen LogP contribution is 2.23. The Kier molecular flexibility index (Phi) is 11.5. The maximum Gasteiger partial charge on any atom is 0.270 e. The van der Waals surface area contributed by atoms with E-state index < -0.39 is 0 Å². The molecule has 0 bridgehead atoms. The van der Waals surface area contributed by atoms with Gasteiger partial charge in [0.15, 0.2) is 0 Å². The average molecular weight is 487 g/mol. The molecular weight excluding hydrogens is 453 g/mol. The molecule has 0 unspecified atom stereocenters. The van der Waals surface area contributed by atoms with Crippen LogP contribution in [0, 0.1) is 13.8 Å². The van der Waals surface area contributed by atoms with E-state index in [-0.39, 0.29) is 30.7 Å². The van der Waals surface area contributed by atoms with Gasteiger partial charge in [-0.15, -0.1) is 36.2 Å². The lowest BCUT2D eigenvalue weighted by molar-refractivity contribution is 0.0923. The highest BCUT2D eigenvalue weighted by molar-refractivity contribution is 7.09. The Balaban J connectivity index is 0.00000240. The Morgan fingerprint density at radius 3 is 2.65 bits per heavy atom. The van der Waals surface area contributed by atoms with Crippen LogP contribution in [0.5, 0.6) is 0 Å². The van der Waals surface area contributed by atoms with E-state index in [0.717, 1.165) is 47.0 Å². The van der Waals surface area contributed by atoms with E-state index in [4.69, 9.17) is 4.98 Å². The number of nitrogens with one attached hydrogen (secondary N) is 1. The van der Waals surface area contributed by atoms with Crippen molar-refractivity contribution in [1.29, 1.82) is 0 Å². The molecule has 1 amide bonds. The van der Waals surface area contributed by atoms with Gasteiger partial charge < -0.3 is 10.2 Å². The summed E-state index contributed by atoms with van der Waals surface area (Å²) < 4.78 is 0. The standard InChI is InChI=1S/C22H31N5OS.2ClH/c1-5-27(4)14-23-19-11-15(2)18(24-16(19)3)12-21-26-20(13-29-21)22(28)25-17-9-7-6-8-10-17;;/h11,13-14,17H,5-10,12H2,1-4H3,(H,25,28);2*1H/b23-14+;;. The molecule has 2 aromatic rings. The largest absolute Gasteiger partial charge is 0.366 e. The number of carbonyl (C=O) groups excluding carboxylic acids is 1. The van der Waals surface area contributed by atoms with Gasteiger partial charge in [0.05, 0.1) is 28.4 Å². The van der Waals surface area contributed by atoms with Crippen LogP contribution in [-0.4, -0.2) is 46.7 Å². The van der Waals surface area contributed by atoms with E-state index in [1.54, 1.807) is 0 Å². The first-order valence-corrected chi connectivity index (χ1v) is 11.3. The van der Waals surface area contributed by atoms with Crippen LogP contribution in [0.15, 0.2) is 16.4 Å². The van der Waals surface area contributed by atoms with E-state index >= 15 is 0 Å². The molecule has 172 valence electrons. The number of aryl methyl sites for hydroxylation is 2. The van der Waals surface area contributed by atoms with Gasteiger partial charge in [0.25, 0.3) is 5.91 Å². The Bertz CT molecular complexity index is 881. The lowest BCUT2D eigenvalue weighted by atomic mass is 9.95. The number of thiazole rings is 1. The fourth-order valence-corrected chi connectivity index (χ4v) is 4.22. The Hall–Kier alpha value is -1.70. The normalized spacial score (nSPS) is 14.1. The molecule has 0 aromatic carbocycles. The average Bonchev–Trinajstić information content (AvgIpc) is 3.18. The number of halogens is 2. The summed E-state index contributed by atoms with van der Waals surface area (Å²) in [5, 5.41) is 5.91. The van der Waals surface area contributed by atoms with Crippen molar-refractivity contribution < 1.29 is 4.79 Å². The summed E-state index contributed by atoms with van der Waals surface area (Å²) >= 11 is 1.52. The van der Waals surface area contributed by atoms with Gasteiger partial charge in [-0.05, 0) is 45.2 Å². The smallest absolute Gasteiger partial charge is 0.270 e. The molecule has 1 fully saturated rings. The molecule has 1 N–H and O–H groups in total. The van der Waals surface area contributed by atoms with Gasteiger partial charge in [-0.1, -0.05) is 19.3 Å². The zero-order chi connectivity index (χ0) is 20.8. The van der Waals surface area contributed by atoms with Crippen molar-refractivity contribution in [2.45, 2.75) is 65.3 Å². The van der Waals surface area contributed by atoms with Gasteiger partial charge in [-0.2, -0.15) is 0 Å². The van der Waals surface area contributed by atoms with Crippen LogP contribution < -0.4 is 5.32 Å². The molecule has 0 saturated heterocycles. The molecule has 0 radical (unpaired) electrons. The van der Waals surface area contributed by atoms with E-state index in [9.17, 15) is 4.79 Å². The highest BCUT2D eigenvalue weighted by atomic mass is 35.5. The molecule has 1 saturated carbocycles. The zero-order valence-corrected chi connectivity index (χ0v) is 21.1. The molecule has 0 aliphatic heterocycles. The van der Waals surface area contributed by atoms with Crippen LogP contribution in [0.1, 0.15) is 71.5 Å². The van der Waals surface area contributed by atoms with E-state index in [1.807, 2.05) is 30.6 Å². The summed E-state index contributed by atoms with van der Waals surface area (Å²) in [5.41, 5.74) is 4.38. The Morgan fingerprint density at radius 2 is 1.97 bits per heavy atom. The summed E-state index contributed by atoms with van der Waals surface area (Å²) in [7, 11) is 2.00. The van der Waals surface area contributed by atoms with E-state index in [2.05, 4.69) is 35.2 Å². The molecular formula is C22H33Cl2N5OS. The maximum atomic E-state index is 12.5. The highest BCUT2D eigenvalue weighted by Gasteiger charge is 2.19. The molecule has 6 nitrogen and oxygen atoms in total. The summed E-state index contributed by atoms with van der Waals surface area (Å²) in [6.45, 7) is 7.03. The third-order valence-electron chi connectivity index (χ3n) is 5.42. The van der Waals surface area contributed by atoms with Crippen molar-refractivity contribution in [1.82, 2.24) is 20.2 Å². The van der Waals surface area contributed by atoms with Crippen molar-refractivity contribution in [3.05, 3.63) is 39.1 Å². The lowest BCUT2D eigenvalue weighted by Gasteiger charge is -2.22. The van der Waals surface area contributed by atoms with Gasteiger partial charge >= 0.3 is 0 Å². The Labute approximate surface area is 201 Å². The van der Waals surface area contributed by atoms with E-state index in [0.29, 0.717) is 18.2 Å². The number of carbonyl (C=O) groups is 1. The summed E-state index contributed by atoms with van der Waals surface area (Å²) in [6.07, 6.45) is 8.30. The van der Waals surface area contributed by atoms with Gasteiger partial charge in [0.2, 0.25) is 0 Å². The second-order valence-corrected chi connectivity index (χ2v) is 8.73. The molecule has 2 heterocycles. The van der Waals surface area contributed by atoms with Crippen LogP contribution >= 0.6 is 36.2 Å². The van der Waals surface area contributed by atoms with Crippen LogP contribution in [0.25, 0.3) is 0 Å². The number of amides is 1. The third-order valence-corrected chi connectivity index (χ3v) is 6.27. The van der Waals surface area contributed by atoms with Gasteiger partial charge in [-0.3, -0.25) is 9.78 Å². The molecule has 0 atom stereocenters. The number of hydrogen-bond acceptors (Lipinski definition) is 5. The van der Waals surface area contributed by atoms with Crippen molar-refractivity contribution >= 4 is 54.1 Å². The van der Waals surface area contributed by atoms with E-state index in [1.165, 1.54) is 30.6 Å². The van der Waals surface area contributed by atoms with Gasteiger partial charge in [-0.25, -0.2) is 9.98 Å². The maximum absolute atomic E-state index is 12.5. The second-order valence-electron chi connectivity index (χ2n) is 7.79. The number of hydrogen-bond donors (Lipinski definition) is 1. The number of pyridine rings is 1. The van der Waals surface area contributed by atoms with Crippen LogP contribution in [-0.2, 0) is 6.42 Å². The molecule has 31 heavy (non-hydrogen) atoms. The van der Waals surface area contributed by atoms with Crippen LogP contribution in [0.2, 0.25) is 0 Å². The number of nitrogens with zero attached hydrogens (tertiary/aromatic N) is 4. The minimum absolute atomic E-state index is 0. The topological polar surface area (TPSA) is 70.5 Å². The fraction of sp³-hybridized carbons (Fsp3) is 0.545. The summed E-state index contributed by atoms with van der Waals surface area (Å²) in [5.74, 6) is -0.0509. The van der Waals surface area contributed by atoms with Gasteiger partial charge in [0.1, 0.15) is 5.69 Å². The summed E-state index contributed by atoms with van der Waals surface area (Å²) in [6, 6.07) is 2.37. The first kappa shape index (κ1) is 27.3. The first-order chi connectivity index (χ1) is 14.0. The van der Waals surface area contributed by atoms with Crippen molar-refractivity contribution in [2.75, 3.05) is 13.6 Å². The van der Waals surface area contributed by atoms with Crippen molar-refractivity contribution in [3.8, 4) is 0 Å². The zero-order valence-electron chi connectivity index (χ0n) is 18.7. The minimum atomic E-state index is -0.0509. The quantitative estimate of drug-likeness (QED) is 0.428. The third kappa shape index (κ3) is 7.74. The first-order valence-electron chi connectivity index (χ1n) is 10.4. The molecule has 2 aromatic heterocycles. The van der Waals surface area contributed by atoms with Crippen LogP contribution in [0.3, 0.4) is 0 Å². The minimum Gasteiger partial charge on any atom is -0.366 e. The second kappa shape index (κ2) is 13.0. The number of aliphatic imine (C=N–C) groups is 1. The number of aromatic nitrogens is 2. The van der Waals surface area contributed by atoms with Crippen molar-refractivity contribution in [3.63, 3.8) is 0 Å². The van der Waals surface area contributed by atoms with Crippen molar-refractivity contribution in [2.24, 2.45) is 4.99 Å². The molecule has 3 rings (SSSR count). The fourth-order valence-electron chi connectivity index (χ4n) is 3.44. The van der Waals surface area contributed by atoms with Gasteiger partial charge in [0, 0.05) is 31.4 Å². The SMILES string of the molecule is CCN(C)/C=N/c1cc(C)c(Cc2nc(C(=O)NC3CCCCC3)cs2)nc1C.Cl.Cl. The monoisotopic (exact) mass is 485 g/mol.